The molecular formula is C25H31ClN10O. The van der Waals surface area contributed by atoms with E-state index in [1.165, 1.54) is 5.56 Å². The van der Waals surface area contributed by atoms with Crippen LogP contribution in [0, 0.1) is 11.3 Å². The van der Waals surface area contributed by atoms with Crippen LogP contribution < -0.4 is 16.4 Å². The number of nitriles is 1. The highest BCUT2D eigenvalue weighted by Gasteiger charge is 2.34. The third-order valence-electron chi connectivity index (χ3n) is 7.32. The Morgan fingerprint density at radius 2 is 1.84 bits per heavy atom. The summed E-state index contributed by atoms with van der Waals surface area (Å²) < 4.78 is 5.24. The van der Waals surface area contributed by atoms with Gasteiger partial charge in [-0.3, -0.25) is 9.80 Å². The molecule has 1 aromatic carbocycles. The molecule has 0 saturated carbocycles. The Hall–Kier alpha value is -3.46. The average molecular weight is 523 g/mol. The minimum Gasteiger partial charge on any atom is -0.402 e. The fourth-order valence-corrected chi connectivity index (χ4v) is 5.61. The molecule has 194 valence electrons. The molecule has 2 aliphatic heterocycles. The van der Waals surface area contributed by atoms with Gasteiger partial charge < -0.3 is 20.8 Å². The summed E-state index contributed by atoms with van der Waals surface area (Å²) in [4.78, 5) is 16.3. The number of anilines is 3. The minimum absolute atomic E-state index is 0.0709. The molecule has 3 aromatic rings. The van der Waals surface area contributed by atoms with E-state index in [1.54, 1.807) is 0 Å². The van der Waals surface area contributed by atoms with Crippen molar-refractivity contribution in [2.75, 3.05) is 49.1 Å². The zero-order chi connectivity index (χ0) is 25.9. The zero-order valence-corrected chi connectivity index (χ0v) is 21.6. The Labute approximate surface area is 221 Å². The Morgan fingerprint density at radius 1 is 1.08 bits per heavy atom. The van der Waals surface area contributed by atoms with Gasteiger partial charge in [-0.2, -0.15) is 5.26 Å². The summed E-state index contributed by atoms with van der Waals surface area (Å²) in [7, 11) is 0. The normalized spacial score (nSPS) is 19.7. The maximum absolute atomic E-state index is 9.01. The summed E-state index contributed by atoms with van der Waals surface area (Å²) in [5, 5.41) is 16.7. The van der Waals surface area contributed by atoms with Gasteiger partial charge in [0.15, 0.2) is 22.5 Å². The van der Waals surface area contributed by atoms with Crippen molar-refractivity contribution in [1.82, 2.24) is 30.0 Å². The maximum Gasteiger partial charge on any atom is 0.313 e. The van der Waals surface area contributed by atoms with E-state index < -0.39 is 0 Å². The smallest absolute Gasteiger partial charge is 0.313 e. The van der Waals surface area contributed by atoms with E-state index in [-0.39, 0.29) is 28.6 Å². The second-order valence-corrected chi connectivity index (χ2v) is 9.94. The van der Waals surface area contributed by atoms with Crippen molar-refractivity contribution in [2.45, 2.75) is 44.8 Å². The zero-order valence-electron chi connectivity index (χ0n) is 20.8. The number of hydrogen-bond acceptors (Lipinski definition) is 11. The number of nitrogens with two attached hydrogens (primary N) is 2. The first kappa shape index (κ1) is 25.2. The Bertz CT molecular complexity index is 1270. The van der Waals surface area contributed by atoms with Crippen molar-refractivity contribution in [3.63, 3.8) is 0 Å². The summed E-state index contributed by atoms with van der Waals surface area (Å²) in [6.45, 7) is 7.82. The number of likely N-dealkylation sites (tertiary alicyclic amines) is 1. The number of piperazine rings is 1. The number of nitrogens with zero attached hydrogens (tertiary/aromatic N) is 8. The van der Waals surface area contributed by atoms with Crippen LogP contribution in [0.4, 0.5) is 17.7 Å². The lowest BCUT2D eigenvalue weighted by atomic mass is 9.97. The molecule has 4 N–H and O–H groups in total. The molecular weight excluding hydrogens is 492 g/mol. The van der Waals surface area contributed by atoms with Gasteiger partial charge in [0.25, 0.3) is 5.89 Å². The van der Waals surface area contributed by atoms with Crippen LogP contribution in [0.3, 0.4) is 0 Å². The molecule has 1 atom stereocenters. The molecule has 12 heteroatoms. The van der Waals surface area contributed by atoms with Crippen LogP contribution in [0.25, 0.3) is 11.6 Å². The highest BCUT2D eigenvalue weighted by Crippen LogP contribution is 2.32. The summed E-state index contributed by atoms with van der Waals surface area (Å²) in [5.41, 5.74) is 13.9. The van der Waals surface area contributed by atoms with Crippen molar-refractivity contribution in [3.8, 4) is 17.7 Å². The van der Waals surface area contributed by atoms with Gasteiger partial charge in [-0.1, -0.05) is 35.8 Å². The van der Waals surface area contributed by atoms with E-state index in [9.17, 15) is 0 Å². The van der Waals surface area contributed by atoms with Gasteiger partial charge >= 0.3 is 6.01 Å². The summed E-state index contributed by atoms with van der Waals surface area (Å²) >= 11 is 6.54. The summed E-state index contributed by atoms with van der Waals surface area (Å²) in [6, 6.07) is 11.0. The quantitative estimate of drug-likeness (QED) is 0.491. The average Bonchev–Trinajstić information content (AvgIpc) is 3.36. The Kier molecular flexibility index (Phi) is 7.41. The third-order valence-corrected chi connectivity index (χ3v) is 7.57. The van der Waals surface area contributed by atoms with E-state index >= 15 is 0 Å². The van der Waals surface area contributed by atoms with Crippen LogP contribution in [-0.2, 0) is 6.54 Å². The predicted molar refractivity (Wildman–Crippen MR) is 142 cm³/mol. The van der Waals surface area contributed by atoms with Gasteiger partial charge in [0.2, 0.25) is 0 Å². The lowest BCUT2D eigenvalue weighted by Crippen LogP contribution is -2.58. The molecule has 11 nitrogen and oxygen atoms in total. The van der Waals surface area contributed by atoms with Gasteiger partial charge in [-0.25, -0.2) is 9.97 Å². The predicted octanol–water partition coefficient (Wildman–Crippen LogP) is 2.78. The van der Waals surface area contributed by atoms with Crippen molar-refractivity contribution in [1.29, 1.82) is 5.26 Å². The summed E-state index contributed by atoms with van der Waals surface area (Å²) in [6.07, 6.45) is 3.31. The molecule has 2 fully saturated rings. The number of hydrogen-bond donors (Lipinski definition) is 2. The molecule has 2 aromatic heterocycles. The molecule has 5 rings (SSSR count). The number of nitrogen functional groups attached to an aromatic ring is 2. The fraction of sp³-hybridized carbons (Fsp3) is 0.480. The van der Waals surface area contributed by atoms with E-state index in [4.69, 9.17) is 32.7 Å². The third kappa shape index (κ3) is 5.46. The van der Waals surface area contributed by atoms with Crippen molar-refractivity contribution >= 4 is 29.3 Å². The van der Waals surface area contributed by atoms with Gasteiger partial charge in [0.05, 0.1) is 11.6 Å². The Morgan fingerprint density at radius 3 is 2.49 bits per heavy atom. The molecule has 2 aliphatic rings. The number of aromatic nitrogens is 4. The molecule has 0 spiro atoms. The highest BCUT2D eigenvalue weighted by atomic mass is 35.5. The van der Waals surface area contributed by atoms with Gasteiger partial charge in [-0.05, 0) is 50.0 Å². The lowest BCUT2D eigenvalue weighted by Gasteiger charge is -2.47. The van der Waals surface area contributed by atoms with Gasteiger partial charge in [0, 0.05) is 38.3 Å². The molecule has 0 aliphatic carbocycles. The van der Waals surface area contributed by atoms with Crippen LogP contribution in [-0.4, -0.2) is 74.8 Å². The number of halogens is 1. The lowest BCUT2D eigenvalue weighted by molar-refractivity contribution is 0.0610. The molecule has 2 saturated heterocycles. The van der Waals surface area contributed by atoms with E-state index in [0.717, 1.165) is 58.5 Å². The molecule has 0 unspecified atom stereocenters. The van der Waals surface area contributed by atoms with Crippen LogP contribution in [0.5, 0.6) is 0 Å². The first-order chi connectivity index (χ1) is 17.9. The molecule has 0 amide bonds. The monoisotopic (exact) mass is 522 g/mol. The highest BCUT2D eigenvalue weighted by molar-refractivity contribution is 6.32. The van der Waals surface area contributed by atoms with Crippen molar-refractivity contribution < 1.29 is 4.42 Å². The van der Waals surface area contributed by atoms with Crippen LogP contribution in [0.15, 0.2) is 28.7 Å². The SMILES string of the molecule is CC[C@H]1CN(c2nc(N)c(-c3nnc(N)o3)nc2Cl)CCN1C1CCN(Cc2ccc(C#N)cc2)CC1. The van der Waals surface area contributed by atoms with Gasteiger partial charge in [0.1, 0.15) is 0 Å². The summed E-state index contributed by atoms with van der Waals surface area (Å²) in [5.74, 6) is 0.844. The van der Waals surface area contributed by atoms with Crippen LogP contribution in [0.1, 0.15) is 37.3 Å². The standard InChI is InChI=1S/C25H31ClN10O/c1-2-18-15-35(23-21(26)30-20(22(28)31-23)24-32-33-25(29)37-24)11-12-36(18)19-7-9-34(10-8-19)14-17-5-3-16(13-27)4-6-17/h3-6,18-19H,2,7-12,14-15H2,1H3,(H2,28,31)(H2,29,33)/t18-/m0/s1. The van der Waals surface area contributed by atoms with E-state index in [0.29, 0.717) is 23.5 Å². The number of benzene rings is 1. The van der Waals surface area contributed by atoms with Crippen molar-refractivity contribution in [3.05, 3.63) is 40.5 Å². The first-order valence-corrected chi connectivity index (χ1v) is 13.0. The van der Waals surface area contributed by atoms with E-state index in [1.807, 2.05) is 12.1 Å². The second kappa shape index (κ2) is 10.9. The largest absolute Gasteiger partial charge is 0.402 e. The van der Waals surface area contributed by atoms with Gasteiger partial charge in [-0.15, -0.1) is 5.10 Å². The van der Waals surface area contributed by atoms with E-state index in [2.05, 4.69) is 60.0 Å². The van der Waals surface area contributed by atoms with Crippen LogP contribution >= 0.6 is 11.6 Å². The molecule has 4 heterocycles. The molecule has 37 heavy (non-hydrogen) atoms. The minimum atomic E-state index is -0.0709. The molecule has 0 bridgehead atoms. The molecule has 0 radical (unpaired) electrons. The first-order valence-electron chi connectivity index (χ1n) is 12.6. The van der Waals surface area contributed by atoms with Crippen molar-refractivity contribution in [2.24, 2.45) is 0 Å². The number of rotatable bonds is 6. The maximum atomic E-state index is 9.01. The Balaban J connectivity index is 1.20. The topological polar surface area (TPSA) is 150 Å². The number of piperidine rings is 1. The van der Waals surface area contributed by atoms with Crippen LogP contribution in [0.2, 0.25) is 5.15 Å². The second-order valence-electron chi connectivity index (χ2n) is 9.58. The fourth-order valence-electron chi connectivity index (χ4n) is 5.37.